The molecule has 148 valence electrons. The number of rotatable bonds is 9. The summed E-state index contributed by atoms with van der Waals surface area (Å²) in [6, 6.07) is 16.1. The van der Waals surface area contributed by atoms with Crippen LogP contribution in [0.5, 0.6) is 5.75 Å². The molecule has 0 radical (unpaired) electrons. The molecule has 0 aliphatic rings. The molecule has 0 bridgehead atoms. The van der Waals surface area contributed by atoms with Crippen molar-refractivity contribution in [2.24, 2.45) is 7.05 Å². The quantitative estimate of drug-likeness (QED) is 0.561. The molecule has 2 aromatic carbocycles. The summed E-state index contributed by atoms with van der Waals surface area (Å²) in [4.78, 5) is 15.5. The molecule has 0 atom stereocenters. The number of carbonyl (C=O) groups is 1. The Labute approximate surface area is 170 Å². The van der Waals surface area contributed by atoms with Gasteiger partial charge in [0.2, 0.25) is 5.91 Å². The highest BCUT2D eigenvalue weighted by molar-refractivity contribution is 8.00. The lowest BCUT2D eigenvalue weighted by atomic mass is 10.2. The molecule has 1 amide bonds. The van der Waals surface area contributed by atoms with Crippen LogP contribution >= 0.6 is 11.8 Å². The molecule has 6 heteroatoms. The maximum Gasteiger partial charge on any atom is 0.230 e. The minimum atomic E-state index is 0.0317. The van der Waals surface area contributed by atoms with Gasteiger partial charge < -0.3 is 19.5 Å². The van der Waals surface area contributed by atoms with Gasteiger partial charge in [-0.15, -0.1) is 11.8 Å². The van der Waals surface area contributed by atoms with Crippen molar-refractivity contribution < 1.29 is 9.53 Å². The Morgan fingerprint density at radius 1 is 1.14 bits per heavy atom. The first-order chi connectivity index (χ1) is 13.5. The fraction of sp³-hybridized carbons (Fsp3) is 0.318. The lowest BCUT2D eigenvalue weighted by Crippen LogP contribution is -2.24. The van der Waals surface area contributed by atoms with Crippen LogP contribution < -0.4 is 10.1 Å². The second-order valence-corrected chi connectivity index (χ2v) is 8.00. The first-order valence-corrected chi connectivity index (χ1v) is 10.3. The van der Waals surface area contributed by atoms with Crippen LogP contribution in [0, 0.1) is 0 Å². The van der Waals surface area contributed by atoms with Gasteiger partial charge >= 0.3 is 0 Å². The maximum atomic E-state index is 12.2. The highest BCUT2D eigenvalue weighted by Crippen LogP contribution is 2.29. The summed E-state index contributed by atoms with van der Waals surface area (Å²) in [6.07, 6.45) is 2.08. The summed E-state index contributed by atoms with van der Waals surface area (Å²) in [7, 11) is 6.07. The Balaban J connectivity index is 1.45. The monoisotopic (exact) mass is 397 g/mol. The van der Waals surface area contributed by atoms with E-state index in [4.69, 9.17) is 4.74 Å². The molecule has 1 heterocycles. The van der Waals surface area contributed by atoms with Gasteiger partial charge in [0.15, 0.2) is 0 Å². The highest BCUT2D eigenvalue weighted by atomic mass is 32.2. The molecule has 0 fully saturated rings. The van der Waals surface area contributed by atoms with Crippen molar-refractivity contribution in [3.05, 3.63) is 60.3 Å². The summed E-state index contributed by atoms with van der Waals surface area (Å²) in [5.74, 6) is 1.28. The van der Waals surface area contributed by atoms with E-state index in [9.17, 15) is 4.79 Å². The average molecular weight is 398 g/mol. The Hall–Kier alpha value is -2.44. The number of para-hydroxylation sites is 1. The van der Waals surface area contributed by atoms with Crippen LogP contribution in [0.25, 0.3) is 10.9 Å². The molecule has 0 spiro atoms. The Kier molecular flexibility index (Phi) is 7.01. The van der Waals surface area contributed by atoms with E-state index in [0.717, 1.165) is 22.8 Å². The maximum absolute atomic E-state index is 12.2. The molecule has 0 aliphatic carbocycles. The van der Waals surface area contributed by atoms with Crippen LogP contribution in [0.15, 0.2) is 59.6 Å². The van der Waals surface area contributed by atoms with Crippen LogP contribution in [0.1, 0.15) is 5.56 Å². The molecular formula is C22H27N3O2S. The fourth-order valence-corrected chi connectivity index (χ4v) is 3.81. The van der Waals surface area contributed by atoms with E-state index in [1.165, 1.54) is 10.9 Å². The molecule has 3 aromatic rings. The number of benzene rings is 2. The summed E-state index contributed by atoms with van der Waals surface area (Å²) in [5, 5.41) is 4.18. The number of amides is 1. The summed E-state index contributed by atoms with van der Waals surface area (Å²) in [5.41, 5.74) is 2.24. The van der Waals surface area contributed by atoms with Crippen LogP contribution in [0.3, 0.4) is 0 Å². The highest BCUT2D eigenvalue weighted by Gasteiger charge is 2.09. The number of nitrogens with one attached hydrogen (secondary N) is 1. The zero-order valence-corrected chi connectivity index (χ0v) is 17.5. The number of thioether (sulfide) groups is 1. The van der Waals surface area contributed by atoms with Crippen LogP contribution in [-0.4, -0.2) is 48.4 Å². The smallest absolute Gasteiger partial charge is 0.230 e. The molecule has 1 N–H and O–H groups in total. The molecule has 0 unspecified atom stereocenters. The lowest BCUT2D eigenvalue weighted by Gasteiger charge is -2.11. The van der Waals surface area contributed by atoms with E-state index in [0.29, 0.717) is 18.9 Å². The van der Waals surface area contributed by atoms with E-state index in [1.807, 2.05) is 57.5 Å². The lowest BCUT2D eigenvalue weighted by molar-refractivity contribution is -0.118. The molecule has 0 aliphatic heterocycles. The number of carbonyl (C=O) groups excluding carboxylic acids is 1. The van der Waals surface area contributed by atoms with Crippen LogP contribution in [0.4, 0.5) is 0 Å². The molecular weight excluding hydrogens is 370 g/mol. The van der Waals surface area contributed by atoms with E-state index in [2.05, 4.69) is 33.1 Å². The SMILES string of the molecule is CN(C)CCOc1ccc(CNC(=O)CSc2cn(C)c3ccccc23)cc1. The van der Waals surface area contributed by atoms with Gasteiger partial charge in [0.25, 0.3) is 0 Å². The van der Waals surface area contributed by atoms with Gasteiger partial charge in [-0.2, -0.15) is 0 Å². The zero-order valence-electron chi connectivity index (χ0n) is 16.6. The molecule has 3 rings (SSSR count). The number of aryl methyl sites for hydroxylation is 1. The number of aromatic nitrogens is 1. The van der Waals surface area contributed by atoms with Crippen molar-refractivity contribution in [1.29, 1.82) is 0 Å². The normalized spacial score (nSPS) is 11.1. The van der Waals surface area contributed by atoms with Crippen molar-refractivity contribution in [3.8, 4) is 5.75 Å². The minimum Gasteiger partial charge on any atom is -0.492 e. The summed E-state index contributed by atoms with van der Waals surface area (Å²) < 4.78 is 7.78. The number of ether oxygens (including phenoxy) is 1. The van der Waals surface area contributed by atoms with Crippen molar-refractivity contribution in [2.45, 2.75) is 11.4 Å². The van der Waals surface area contributed by atoms with Gasteiger partial charge in [-0.3, -0.25) is 4.79 Å². The number of nitrogens with zero attached hydrogens (tertiary/aromatic N) is 2. The third-order valence-electron chi connectivity index (χ3n) is 4.44. The molecule has 1 aromatic heterocycles. The van der Waals surface area contributed by atoms with Crippen molar-refractivity contribution in [3.63, 3.8) is 0 Å². The third kappa shape index (κ3) is 5.53. The number of hydrogen-bond acceptors (Lipinski definition) is 4. The second-order valence-electron chi connectivity index (χ2n) is 6.98. The Morgan fingerprint density at radius 3 is 2.64 bits per heavy atom. The van der Waals surface area contributed by atoms with E-state index in [1.54, 1.807) is 11.8 Å². The van der Waals surface area contributed by atoms with Crippen molar-refractivity contribution >= 4 is 28.6 Å². The standard InChI is InChI=1S/C22H27N3O2S/c1-24(2)12-13-27-18-10-8-17(9-11-18)14-23-22(26)16-28-21-15-25(3)20-7-5-4-6-19(20)21/h4-11,15H,12-14,16H2,1-3H3,(H,23,26). The summed E-state index contributed by atoms with van der Waals surface area (Å²) in [6.45, 7) is 2.06. The van der Waals surface area contributed by atoms with E-state index >= 15 is 0 Å². The molecule has 0 saturated carbocycles. The summed E-state index contributed by atoms with van der Waals surface area (Å²) >= 11 is 1.57. The molecule has 0 saturated heterocycles. The van der Waals surface area contributed by atoms with Crippen molar-refractivity contribution in [1.82, 2.24) is 14.8 Å². The minimum absolute atomic E-state index is 0.0317. The Morgan fingerprint density at radius 2 is 1.89 bits per heavy atom. The number of hydrogen-bond donors (Lipinski definition) is 1. The molecule has 5 nitrogen and oxygen atoms in total. The largest absolute Gasteiger partial charge is 0.492 e. The van der Waals surface area contributed by atoms with Gasteiger partial charge in [-0.05, 0) is 37.9 Å². The molecule has 28 heavy (non-hydrogen) atoms. The van der Waals surface area contributed by atoms with Gasteiger partial charge in [0.1, 0.15) is 12.4 Å². The van der Waals surface area contributed by atoms with E-state index < -0.39 is 0 Å². The second kappa shape index (κ2) is 9.66. The van der Waals surface area contributed by atoms with Crippen molar-refractivity contribution in [2.75, 3.05) is 33.0 Å². The van der Waals surface area contributed by atoms with Gasteiger partial charge in [-0.1, -0.05) is 30.3 Å². The topological polar surface area (TPSA) is 46.5 Å². The third-order valence-corrected chi connectivity index (χ3v) is 5.48. The fourth-order valence-electron chi connectivity index (χ4n) is 2.86. The van der Waals surface area contributed by atoms with Gasteiger partial charge in [0, 0.05) is 42.1 Å². The predicted octanol–water partition coefficient (Wildman–Crippen LogP) is 3.53. The first kappa shape index (κ1) is 20.3. The number of likely N-dealkylation sites (N-methyl/N-ethyl adjacent to an activating group) is 1. The predicted molar refractivity (Wildman–Crippen MR) is 116 cm³/mol. The van der Waals surface area contributed by atoms with Crippen LogP contribution in [0.2, 0.25) is 0 Å². The first-order valence-electron chi connectivity index (χ1n) is 9.33. The van der Waals surface area contributed by atoms with Gasteiger partial charge in [0.05, 0.1) is 5.75 Å². The number of fused-ring (bicyclic) bond motifs is 1. The average Bonchev–Trinajstić information content (AvgIpc) is 3.01. The van der Waals surface area contributed by atoms with Gasteiger partial charge in [-0.25, -0.2) is 0 Å². The van der Waals surface area contributed by atoms with Crippen LogP contribution in [-0.2, 0) is 18.4 Å². The zero-order chi connectivity index (χ0) is 19.9. The Bertz CT molecular complexity index is 919. The van der Waals surface area contributed by atoms with E-state index in [-0.39, 0.29) is 5.91 Å².